The average molecular weight is 274 g/mol. The molecule has 0 N–H and O–H groups in total. The number of nitrogens with zero attached hydrogens (tertiary/aromatic N) is 1. The van der Waals surface area contributed by atoms with Crippen LogP contribution in [0.5, 0.6) is 0 Å². The highest BCUT2D eigenvalue weighted by Crippen LogP contribution is 2.21. The van der Waals surface area contributed by atoms with E-state index in [2.05, 4.69) is 4.90 Å². The highest BCUT2D eigenvalue weighted by Gasteiger charge is 2.10. The minimum absolute atomic E-state index is 0.760. The van der Waals surface area contributed by atoms with Gasteiger partial charge in [-0.25, -0.2) is 0 Å². The number of aryl methyl sites for hydroxylation is 1. The summed E-state index contributed by atoms with van der Waals surface area (Å²) in [5.41, 5.74) is 1.15. The lowest BCUT2D eigenvalue weighted by atomic mass is 10.1. The Morgan fingerprint density at radius 3 is 2.71 bits per heavy atom. The van der Waals surface area contributed by atoms with Crippen molar-refractivity contribution in [3.63, 3.8) is 0 Å². The van der Waals surface area contributed by atoms with Crippen LogP contribution in [0, 0.1) is 0 Å². The Balaban J connectivity index is 1.79. The zero-order chi connectivity index (χ0) is 12.1. The second-order valence-corrected chi connectivity index (χ2v) is 5.14. The highest BCUT2D eigenvalue weighted by atomic mass is 35.5. The molecular formula is C13H17Cl2NO. The minimum atomic E-state index is 0.760. The third-order valence-corrected chi connectivity index (χ3v) is 3.64. The molecule has 0 radical (unpaired) electrons. The van der Waals surface area contributed by atoms with Gasteiger partial charge in [0.25, 0.3) is 0 Å². The lowest BCUT2D eigenvalue weighted by Crippen LogP contribution is -2.36. The van der Waals surface area contributed by atoms with Gasteiger partial charge in [0, 0.05) is 23.1 Å². The summed E-state index contributed by atoms with van der Waals surface area (Å²) >= 11 is 12.1. The van der Waals surface area contributed by atoms with E-state index in [4.69, 9.17) is 27.9 Å². The van der Waals surface area contributed by atoms with Gasteiger partial charge in [0.05, 0.1) is 13.2 Å². The number of morpholine rings is 1. The second-order valence-electron chi connectivity index (χ2n) is 4.29. The molecular weight excluding hydrogens is 257 g/mol. The van der Waals surface area contributed by atoms with Crippen LogP contribution in [-0.4, -0.2) is 37.7 Å². The van der Waals surface area contributed by atoms with Crippen molar-refractivity contribution < 1.29 is 4.74 Å². The molecule has 4 heteroatoms. The van der Waals surface area contributed by atoms with Crippen molar-refractivity contribution in [2.45, 2.75) is 12.8 Å². The van der Waals surface area contributed by atoms with Crippen LogP contribution >= 0.6 is 23.2 Å². The molecule has 0 aliphatic carbocycles. The highest BCUT2D eigenvalue weighted by molar-refractivity contribution is 6.33. The molecule has 0 saturated carbocycles. The van der Waals surface area contributed by atoms with Crippen LogP contribution in [0.2, 0.25) is 10.0 Å². The number of hydrogen-bond donors (Lipinski definition) is 0. The fourth-order valence-corrected chi connectivity index (χ4v) is 2.46. The zero-order valence-electron chi connectivity index (χ0n) is 9.79. The number of ether oxygens (including phenoxy) is 1. The fourth-order valence-electron chi connectivity index (χ4n) is 2.05. The van der Waals surface area contributed by atoms with Crippen molar-refractivity contribution in [3.05, 3.63) is 33.8 Å². The van der Waals surface area contributed by atoms with E-state index < -0.39 is 0 Å². The Labute approximate surface area is 112 Å². The number of rotatable bonds is 4. The Kier molecular flexibility index (Phi) is 5.11. The molecule has 1 saturated heterocycles. The van der Waals surface area contributed by atoms with Gasteiger partial charge in [0.1, 0.15) is 0 Å². The third-order valence-electron chi connectivity index (χ3n) is 3.03. The van der Waals surface area contributed by atoms with Crippen molar-refractivity contribution in [2.24, 2.45) is 0 Å². The summed E-state index contributed by atoms with van der Waals surface area (Å²) in [4.78, 5) is 2.43. The summed E-state index contributed by atoms with van der Waals surface area (Å²) in [7, 11) is 0. The molecule has 2 nitrogen and oxygen atoms in total. The number of hydrogen-bond acceptors (Lipinski definition) is 2. The van der Waals surface area contributed by atoms with E-state index in [9.17, 15) is 0 Å². The molecule has 0 spiro atoms. The standard InChI is InChI=1S/C13H17Cl2NO/c14-12-3-4-13(15)11(10-12)2-1-5-16-6-8-17-9-7-16/h3-4,10H,1-2,5-9H2. The van der Waals surface area contributed by atoms with Gasteiger partial charge < -0.3 is 4.74 Å². The number of benzene rings is 1. The van der Waals surface area contributed by atoms with Gasteiger partial charge in [0.2, 0.25) is 0 Å². The molecule has 0 bridgehead atoms. The van der Waals surface area contributed by atoms with Crippen LogP contribution in [0.3, 0.4) is 0 Å². The summed E-state index contributed by atoms with van der Waals surface area (Å²) in [6.45, 7) is 4.91. The summed E-state index contributed by atoms with van der Waals surface area (Å²) in [6.07, 6.45) is 2.09. The van der Waals surface area contributed by atoms with Crippen LogP contribution in [0.1, 0.15) is 12.0 Å². The SMILES string of the molecule is Clc1ccc(Cl)c(CCCN2CCOCC2)c1. The Morgan fingerprint density at radius 2 is 1.94 bits per heavy atom. The van der Waals surface area contributed by atoms with Crippen LogP contribution in [-0.2, 0) is 11.2 Å². The maximum atomic E-state index is 6.13. The fraction of sp³-hybridized carbons (Fsp3) is 0.538. The molecule has 1 heterocycles. The lowest BCUT2D eigenvalue weighted by Gasteiger charge is -2.26. The second kappa shape index (κ2) is 6.60. The molecule has 17 heavy (non-hydrogen) atoms. The van der Waals surface area contributed by atoms with Gasteiger partial charge in [-0.05, 0) is 43.1 Å². The predicted octanol–water partition coefficient (Wildman–Crippen LogP) is 3.26. The quantitative estimate of drug-likeness (QED) is 0.835. The summed E-state index contributed by atoms with van der Waals surface area (Å²) < 4.78 is 5.32. The topological polar surface area (TPSA) is 12.5 Å². The molecule has 2 rings (SSSR count). The van der Waals surface area contributed by atoms with Crippen molar-refractivity contribution in [1.82, 2.24) is 4.90 Å². The van der Waals surface area contributed by atoms with E-state index in [-0.39, 0.29) is 0 Å². The van der Waals surface area contributed by atoms with Crippen molar-refractivity contribution in [3.8, 4) is 0 Å². The maximum absolute atomic E-state index is 6.13. The Hall–Kier alpha value is -0.280. The van der Waals surface area contributed by atoms with E-state index in [1.165, 1.54) is 0 Å². The number of halogens is 2. The molecule has 94 valence electrons. The third kappa shape index (κ3) is 4.14. The van der Waals surface area contributed by atoms with Crippen molar-refractivity contribution in [2.75, 3.05) is 32.8 Å². The lowest BCUT2D eigenvalue weighted by molar-refractivity contribution is 0.0375. The monoisotopic (exact) mass is 273 g/mol. The Morgan fingerprint density at radius 1 is 1.18 bits per heavy atom. The first-order chi connectivity index (χ1) is 8.25. The van der Waals surface area contributed by atoms with Crippen molar-refractivity contribution >= 4 is 23.2 Å². The van der Waals surface area contributed by atoms with Crippen LogP contribution < -0.4 is 0 Å². The van der Waals surface area contributed by atoms with E-state index in [0.717, 1.165) is 61.3 Å². The van der Waals surface area contributed by atoms with Crippen LogP contribution in [0.4, 0.5) is 0 Å². The first-order valence-corrected chi connectivity index (χ1v) is 6.75. The largest absolute Gasteiger partial charge is 0.379 e. The summed E-state index contributed by atoms with van der Waals surface area (Å²) in [5, 5.41) is 1.58. The van der Waals surface area contributed by atoms with Gasteiger partial charge in [-0.1, -0.05) is 23.2 Å². The normalized spacial score (nSPS) is 17.3. The minimum Gasteiger partial charge on any atom is -0.379 e. The van der Waals surface area contributed by atoms with Crippen LogP contribution in [0.15, 0.2) is 18.2 Å². The van der Waals surface area contributed by atoms with E-state index in [0.29, 0.717) is 0 Å². The van der Waals surface area contributed by atoms with E-state index in [1.54, 1.807) is 0 Å². The Bertz CT molecular complexity index is 364. The van der Waals surface area contributed by atoms with Gasteiger partial charge in [-0.3, -0.25) is 4.90 Å². The molecule has 1 aliphatic rings. The maximum Gasteiger partial charge on any atom is 0.0594 e. The molecule has 0 atom stereocenters. The summed E-state index contributed by atoms with van der Waals surface area (Å²) in [6, 6.07) is 5.66. The van der Waals surface area contributed by atoms with Crippen LogP contribution in [0.25, 0.3) is 0 Å². The molecule has 1 aromatic carbocycles. The van der Waals surface area contributed by atoms with Gasteiger partial charge in [-0.15, -0.1) is 0 Å². The molecule has 0 aromatic heterocycles. The van der Waals surface area contributed by atoms with E-state index in [1.807, 2.05) is 18.2 Å². The molecule has 1 fully saturated rings. The van der Waals surface area contributed by atoms with Gasteiger partial charge >= 0.3 is 0 Å². The molecule has 1 aromatic rings. The first-order valence-electron chi connectivity index (χ1n) is 6.00. The predicted molar refractivity (Wildman–Crippen MR) is 72.0 cm³/mol. The summed E-state index contributed by atoms with van der Waals surface area (Å²) in [5.74, 6) is 0. The van der Waals surface area contributed by atoms with Gasteiger partial charge in [-0.2, -0.15) is 0 Å². The average Bonchev–Trinajstić information content (AvgIpc) is 2.35. The molecule has 1 aliphatic heterocycles. The zero-order valence-corrected chi connectivity index (χ0v) is 11.3. The van der Waals surface area contributed by atoms with Crippen molar-refractivity contribution in [1.29, 1.82) is 0 Å². The molecule has 0 amide bonds. The van der Waals surface area contributed by atoms with E-state index >= 15 is 0 Å². The van der Waals surface area contributed by atoms with Gasteiger partial charge in [0.15, 0.2) is 0 Å². The first kappa shape index (κ1) is 13.2. The smallest absolute Gasteiger partial charge is 0.0594 e. The molecule has 0 unspecified atom stereocenters.